The summed E-state index contributed by atoms with van der Waals surface area (Å²) in [5.41, 5.74) is 1.08. The number of carbonyl (C=O) groups excluding carboxylic acids is 2. The predicted octanol–water partition coefficient (Wildman–Crippen LogP) is 3.05. The zero-order chi connectivity index (χ0) is 19.6. The number of rotatable bonds is 6. The van der Waals surface area contributed by atoms with Crippen LogP contribution in [0.2, 0.25) is 0 Å². The van der Waals surface area contributed by atoms with E-state index in [2.05, 4.69) is 10.5 Å². The van der Waals surface area contributed by atoms with Crippen molar-refractivity contribution in [1.82, 2.24) is 10.5 Å². The van der Waals surface area contributed by atoms with Crippen LogP contribution in [0.5, 0.6) is 0 Å². The quantitative estimate of drug-likeness (QED) is 0.786. The number of aryl methyl sites for hydroxylation is 1. The molecule has 0 bridgehead atoms. The van der Waals surface area contributed by atoms with E-state index in [0.29, 0.717) is 18.6 Å². The molecule has 3 atom stereocenters. The largest absolute Gasteiger partial charge is 0.460 e. The molecule has 1 aromatic carbocycles. The number of ether oxygens (including phenoxy) is 1. The molecule has 2 aromatic rings. The summed E-state index contributed by atoms with van der Waals surface area (Å²) >= 11 is 0. The van der Waals surface area contributed by atoms with Crippen molar-refractivity contribution in [3.05, 3.63) is 53.2 Å². The van der Waals surface area contributed by atoms with Crippen LogP contribution in [0.1, 0.15) is 42.1 Å². The maximum absolute atomic E-state index is 13.1. The first-order valence-electron chi connectivity index (χ1n) is 9.02. The molecule has 3 rings (SSSR count). The van der Waals surface area contributed by atoms with Crippen molar-refractivity contribution in [3.63, 3.8) is 0 Å². The third-order valence-corrected chi connectivity index (χ3v) is 4.79. The number of hydrogen-bond donors (Lipinski definition) is 1. The van der Waals surface area contributed by atoms with Crippen LogP contribution in [-0.2, 0) is 16.0 Å². The summed E-state index contributed by atoms with van der Waals surface area (Å²) in [6.45, 7) is 5.63. The summed E-state index contributed by atoms with van der Waals surface area (Å²) in [4.78, 5) is 24.7. The highest BCUT2D eigenvalue weighted by molar-refractivity contribution is 5.92. The highest BCUT2D eigenvalue weighted by atomic mass is 19.1. The van der Waals surface area contributed by atoms with Gasteiger partial charge in [0.2, 0.25) is 0 Å². The number of nitrogens with zero attached hydrogens (tertiary/aromatic N) is 1. The number of cyclic esters (lactones) is 1. The number of nitrogens with one attached hydrogen (secondary N) is 1. The Bertz CT molecular complexity index is 816. The fraction of sp³-hybridized carbons (Fsp3) is 0.450. The number of aromatic nitrogens is 1. The molecule has 1 amide bonds. The van der Waals surface area contributed by atoms with Gasteiger partial charge in [0.1, 0.15) is 17.7 Å². The first-order chi connectivity index (χ1) is 12.8. The van der Waals surface area contributed by atoms with E-state index in [1.807, 2.05) is 13.8 Å². The maximum atomic E-state index is 13.1. The summed E-state index contributed by atoms with van der Waals surface area (Å²) in [6, 6.07) is 7.32. The summed E-state index contributed by atoms with van der Waals surface area (Å²) in [7, 11) is 0. The molecular weight excluding hydrogens is 351 g/mol. The van der Waals surface area contributed by atoms with Crippen molar-refractivity contribution in [1.29, 1.82) is 0 Å². The highest BCUT2D eigenvalue weighted by Gasteiger charge is 2.40. The Morgan fingerprint density at radius 2 is 2.04 bits per heavy atom. The van der Waals surface area contributed by atoms with E-state index in [9.17, 15) is 14.0 Å². The van der Waals surface area contributed by atoms with E-state index < -0.39 is 6.10 Å². The second kappa shape index (κ2) is 7.90. The van der Waals surface area contributed by atoms with Crippen LogP contribution in [0.15, 0.2) is 34.9 Å². The van der Waals surface area contributed by atoms with Gasteiger partial charge in [-0.1, -0.05) is 31.1 Å². The summed E-state index contributed by atoms with van der Waals surface area (Å²) < 4.78 is 23.6. The van der Waals surface area contributed by atoms with E-state index in [4.69, 9.17) is 9.26 Å². The van der Waals surface area contributed by atoms with Crippen molar-refractivity contribution in [2.45, 2.75) is 45.8 Å². The van der Waals surface area contributed by atoms with Gasteiger partial charge in [0, 0.05) is 12.5 Å². The van der Waals surface area contributed by atoms with Crippen LogP contribution in [0.4, 0.5) is 4.39 Å². The van der Waals surface area contributed by atoms with Gasteiger partial charge in [-0.15, -0.1) is 0 Å². The second-order valence-electron chi connectivity index (χ2n) is 7.30. The number of carbonyl (C=O) groups is 2. The van der Waals surface area contributed by atoms with Crippen molar-refractivity contribution in [3.8, 4) is 0 Å². The molecule has 27 heavy (non-hydrogen) atoms. The van der Waals surface area contributed by atoms with Crippen LogP contribution in [0, 0.1) is 24.6 Å². The molecule has 0 unspecified atom stereocenters. The van der Waals surface area contributed by atoms with Crippen LogP contribution in [-0.4, -0.2) is 29.2 Å². The first kappa shape index (κ1) is 19.1. The Balaban J connectivity index is 1.66. The molecule has 6 nitrogen and oxygen atoms in total. The SMILES string of the molecule is Cc1cc(C(=O)N[C@@H](C(C)C)[C@@H]2C[C@H](Cc3ccc(F)cc3)C(=O)O2)no1. The van der Waals surface area contributed by atoms with Gasteiger partial charge in [0.05, 0.1) is 12.0 Å². The van der Waals surface area contributed by atoms with Gasteiger partial charge in [0.15, 0.2) is 5.69 Å². The van der Waals surface area contributed by atoms with Crippen molar-refractivity contribution < 1.29 is 23.2 Å². The molecule has 1 aliphatic rings. The summed E-state index contributed by atoms with van der Waals surface area (Å²) in [6.07, 6.45) is 0.563. The van der Waals surface area contributed by atoms with Gasteiger partial charge >= 0.3 is 5.97 Å². The monoisotopic (exact) mass is 374 g/mol. The number of halogens is 1. The van der Waals surface area contributed by atoms with Crippen LogP contribution in [0.3, 0.4) is 0 Å². The lowest BCUT2D eigenvalue weighted by Gasteiger charge is -2.26. The average molecular weight is 374 g/mol. The molecule has 1 saturated heterocycles. The molecule has 2 heterocycles. The lowest BCUT2D eigenvalue weighted by molar-refractivity contribution is -0.145. The fourth-order valence-electron chi connectivity index (χ4n) is 3.35. The lowest BCUT2D eigenvalue weighted by atomic mass is 9.90. The third-order valence-electron chi connectivity index (χ3n) is 4.79. The first-order valence-corrected chi connectivity index (χ1v) is 9.02. The normalized spacial score (nSPS) is 20.6. The lowest BCUT2D eigenvalue weighted by Crippen LogP contribution is -2.46. The van der Waals surface area contributed by atoms with Gasteiger partial charge in [-0.3, -0.25) is 9.59 Å². The van der Waals surface area contributed by atoms with E-state index in [0.717, 1.165) is 5.56 Å². The zero-order valence-electron chi connectivity index (χ0n) is 15.6. The standard InChI is InChI=1S/C20H23FN2O4/c1-11(2)18(22-19(24)16-8-12(3)27-23-16)17-10-14(20(25)26-17)9-13-4-6-15(21)7-5-13/h4-8,11,14,17-18H,9-10H2,1-3H3,(H,22,24)/t14-,17-,18-/m0/s1. The summed E-state index contributed by atoms with van der Waals surface area (Å²) in [5, 5.41) is 6.63. The maximum Gasteiger partial charge on any atom is 0.309 e. The van der Waals surface area contributed by atoms with Gasteiger partial charge in [-0.25, -0.2) is 4.39 Å². The van der Waals surface area contributed by atoms with Gasteiger partial charge in [0.25, 0.3) is 5.91 Å². The van der Waals surface area contributed by atoms with Gasteiger partial charge in [-0.2, -0.15) is 0 Å². The molecule has 0 aliphatic carbocycles. The Hall–Kier alpha value is -2.70. The van der Waals surface area contributed by atoms with E-state index >= 15 is 0 Å². The van der Waals surface area contributed by atoms with Crippen molar-refractivity contribution >= 4 is 11.9 Å². The predicted molar refractivity (Wildman–Crippen MR) is 95.4 cm³/mol. The molecule has 1 aromatic heterocycles. The van der Waals surface area contributed by atoms with E-state index in [1.165, 1.54) is 12.1 Å². The van der Waals surface area contributed by atoms with E-state index in [-0.39, 0.29) is 41.3 Å². The molecule has 1 aliphatic heterocycles. The number of esters is 1. The Morgan fingerprint density at radius 1 is 1.33 bits per heavy atom. The average Bonchev–Trinajstić information content (AvgIpc) is 3.20. The molecule has 7 heteroatoms. The number of hydrogen-bond acceptors (Lipinski definition) is 5. The van der Waals surface area contributed by atoms with Gasteiger partial charge < -0.3 is 14.6 Å². The molecule has 0 saturated carbocycles. The van der Waals surface area contributed by atoms with Gasteiger partial charge in [-0.05, 0) is 37.0 Å². The Labute approximate surface area is 157 Å². The van der Waals surface area contributed by atoms with Crippen LogP contribution in [0.25, 0.3) is 0 Å². The Kier molecular flexibility index (Phi) is 5.58. The van der Waals surface area contributed by atoms with Crippen molar-refractivity contribution in [2.75, 3.05) is 0 Å². The molecule has 0 radical (unpaired) electrons. The number of amides is 1. The molecular formula is C20H23FN2O4. The highest BCUT2D eigenvalue weighted by Crippen LogP contribution is 2.29. The minimum atomic E-state index is -0.417. The van der Waals surface area contributed by atoms with Crippen LogP contribution >= 0.6 is 0 Å². The zero-order valence-corrected chi connectivity index (χ0v) is 15.6. The third kappa shape index (κ3) is 4.53. The number of benzene rings is 1. The van der Waals surface area contributed by atoms with E-state index in [1.54, 1.807) is 25.1 Å². The second-order valence-corrected chi connectivity index (χ2v) is 7.30. The molecule has 1 N–H and O–H groups in total. The van der Waals surface area contributed by atoms with Crippen molar-refractivity contribution in [2.24, 2.45) is 11.8 Å². The summed E-state index contributed by atoms with van der Waals surface area (Å²) in [5.74, 6) is -0.661. The minimum absolute atomic E-state index is 0.0596. The molecule has 144 valence electrons. The molecule has 1 fully saturated rings. The smallest absolute Gasteiger partial charge is 0.309 e. The minimum Gasteiger partial charge on any atom is -0.460 e. The van der Waals surface area contributed by atoms with Crippen LogP contribution < -0.4 is 5.32 Å². The topological polar surface area (TPSA) is 81.4 Å². The molecule has 0 spiro atoms. The fourth-order valence-corrected chi connectivity index (χ4v) is 3.35. The Morgan fingerprint density at radius 3 is 2.63 bits per heavy atom.